The van der Waals surface area contributed by atoms with E-state index in [-0.39, 0.29) is 5.91 Å². The monoisotopic (exact) mass is 403 g/mol. The predicted octanol–water partition coefficient (Wildman–Crippen LogP) is 5.64. The van der Waals surface area contributed by atoms with Gasteiger partial charge in [0.1, 0.15) is 0 Å². The first-order valence-electron chi connectivity index (χ1n) is 9.55. The van der Waals surface area contributed by atoms with E-state index in [1.807, 2.05) is 86.7 Å². The van der Waals surface area contributed by atoms with E-state index in [2.05, 4.69) is 0 Å². The summed E-state index contributed by atoms with van der Waals surface area (Å²) in [6, 6.07) is 19.8. The molecule has 0 radical (unpaired) electrons. The van der Waals surface area contributed by atoms with Gasteiger partial charge in [-0.1, -0.05) is 90.0 Å². The third-order valence-electron chi connectivity index (χ3n) is 4.00. The molecule has 0 aliphatic rings. The van der Waals surface area contributed by atoms with Gasteiger partial charge in [-0.2, -0.15) is 0 Å². The maximum Gasteiger partial charge on any atom is 0.331 e. The number of primary amides is 1. The maximum absolute atomic E-state index is 10.8. The zero-order valence-corrected chi connectivity index (χ0v) is 17.9. The highest BCUT2D eigenvalue weighted by molar-refractivity contribution is 5.92. The third kappa shape index (κ3) is 10.0. The zero-order chi connectivity index (χ0) is 22.5. The number of nitrogens with two attached hydrogens (primary N) is 1. The fraction of sp³-hybridized carbons (Fsp3) is 0.154. The standard InChI is InChI=1S/C13H15NO.C13H14O2/c2*1-10(8-11(2)13(14)15)9-12-6-4-3-5-7-12/h3-9H,1-2H3,(H2,14,15);3-9H,1-2H3,(H,14,15)/b2*10-9+,11-8+. The number of rotatable bonds is 6. The molecule has 0 aliphatic carbocycles. The number of carbonyl (C=O) groups is 2. The molecule has 0 bridgehead atoms. The summed E-state index contributed by atoms with van der Waals surface area (Å²) in [6.07, 6.45) is 7.41. The molecule has 2 rings (SSSR count). The SMILES string of the molecule is CC(=C\c1ccccc1)/C=C(\C)C(=O)O.CC(=C\c1ccccc1)/C=C(\C)C(N)=O. The summed E-state index contributed by atoms with van der Waals surface area (Å²) in [5, 5.41) is 8.70. The molecule has 0 fully saturated rings. The molecule has 1 amide bonds. The van der Waals surface area contributed by atoms with Crippen LogP contribution in [0.2, 0.25) is 0 Å². The lowest BCUT2D eigenvalue weighted by Gasteiger charge is -1.97. The van der Waals surface area contributed by atoms with Crippen molar-refractivity contribution in [2.45, 2.75) is 27.7 Å². The van der Waals surface area contributed by atoms with Gasteiger partial charge in [-0.15, -0.1) is 0 Å². The number of hydrogen-bond donors (Lipinski definition) is 2. The van der Waals surface area contributed by atoms with Gasteiger partial charge in [0.05, 0.1) is 0 Å². The van der Waals surface area contributed by atoms with E-state index in [0.29, 0.717) is 11.1 Å². The van der Waals surface area contributed by atoms with Gasteiger partial charge in [0, 0.05) is 11.1 Å². The van der Waals surface area contributed by atoms with Crippen LogP contribution in [0.4, 0.5) is 0 Å². The van der Waals surface area contributed by atoms with Crippen molar-refractivity contribution >= 4 is 24.0 Å². The second-order valence-corrected chi connectivity index (χ2v) is 6.92. The topological polar surface area (TPSA) is 80.4 Å². The highest BCUT2D eigenvalue weighted by atomic mass is 16.4. The van der Waals surface area contributed by atoms with E-state index in [4.69, 9.17) is 10.8 Å². The van der Waals surface area contributed by atoms with Gasteiger partial charge in [0.15, 0.2) is 0 Å². The highest BCUT2D eigenvalue weighted by Gasteiger charge is 1.99. The van der Waals surface area contributed by atoms with Gasteiger partial charge < -0.3 is 10.8 Å². The fourth-order valence-electron chi connectivity index (χ4n) is 2.52. The smallest absolute Gasteiger partial charge is 0.331 e. The summed E-state index contributed by atoms with van der Waals surface area (Å²) in [5.74, 6) is -1.26. The van der Waals surface area contributed by atoms with Crippen LogP contribution in [0, 0.1) is 0 Å². The molecule has 0 unspecified atom stereocenters. The summed E-state index contributed by atoms with van der Waals surface area (Å²) in [7, 11) is 0. The van der Waals surface area contributed by atoms with Crippen molar-refractivity contribution < 1.29 is 14.7 Å². The molecule has 0 aromatic heterocycles. The summed E-state index contributed by atoms with van der Waals surface area (Å²) in [5.41, 5.74) is 10.2. The number of carbonyl (C=O) groups excluding carboxylic acids is 1. The average Bonchev–Trinajstić information content (AvgIpc) is 2.69. The number of allylic oxidation sites excluding steroid dienone is 4. The van der Waals surface area contributed by atoms with Gasteiger partial charge in [0.2, 0.25) is 5.91 Å². The Morgan fingerprint density at radius 3 is 1.40 bits per heavy atom. The first-order chi connectivity index (χ1) is 14.2. The summed E-state index contributed by atoms with van der Waals surface area (Å²) in [6.45, 7) is 7.13. The Labute approximate surface area is 178 Å². The Balaban J connectivity index is 0.000000300. The lowest BCUT2D eigenvalue weighted by molar-refractivity contribution is -0.132. The lowest BCUT2D eigenvalue weighted by Crippen LogP contribution is -2.11. The van der Waals surface area contributed by atoms with Crippen molar-refractivity contribution in [1.82, 2.24) is 0 Å². The normalized spacial score (nSPS) is 12.7. The van der Waals surface area contributed by atoms with Crippen LogP contribution in [0.25, 0.3) is 12.2 Å². The second-order valence-electron chi connectivity index (χ2n) is 6.92. The number of carboxylic acids is 1. The van der Waals surface area contributed by atoms with E-state index < -0.39 is 5.97 Å². The molecule has 0 saturated carbocycles. The van der Waals surface area contributed by atoms with E-state index in [9.17, 15) is 9.59 Å². The zero-order valence-electron chi connectivity index (χ0n) is 17.9. The van der Waals surface area contributed by atoms with Crippen LogP contribution in [0.1, 0.15) is 38.8 Å². The van der Waals surface area contributed by atoms with Crippen LogP contribution in [0.5, 0.6) is 0 Å². The summed E-state index contributed by atoms with van der Waals surface area (Å²) >= 11 is 0. The molecule has 0 heterocycles. The van der Waals surface area contributed by atoms with Gasteiger partial charge >= 0.3 is 5.97 Å². The Kier molecular flexibility index (Phi) is 10.3. The fourth-order valence-corrected chi connectivity index (χ4v) is 2.52. The van der Waals surface area contributed by atoms with Gasteiger partial charge in [-0.3, -0.25) is 4.79 Å². The Morgan fingerprint density at radius 1 is 0.700 bits per heavy atom. The minimum atomic E-state index is -0.879. The van der Waals surface area contributed by atoms with E-state index in [0.717, 1.165) is 22.3 Å². The van der Waals surface area contributed by atoms with E-state index in [1.54, 1.807) is 26.0 Å². The highest BCUT2D eigenvalue weighted by Crippen LogP contribution is 2.10. The first kappa shape index (κ1) is 24.4. The molecule has 0 atom stereocenters. The molecular formula is C26H29NO3. The minimum absolute atomic E-state index is 0.347. The van der Waals surface area contributed by atoms with Crippen molar-refractivity contribution in [2.24, 2.45) is 5.73 Å². The van der Waals surface area contributed by atoms with Crippen LogP contribution in [-0.4, -0.2) is 17.0 Å². The first-order valence-corrected chi connectivity index (χ1v) is 9.55. The maximum atomic E-state index is 10.8. The number of amides is 1. The molecule has 0 aliphatic heterocycles. The van der Waals surface area contributed by atoms with E-state index in [1.165, 1.54) is 0 Å². The second kappa shape index (κ2) is 12.7. The van der Waals surface area contributed by atoms with Crippen molar-refractivity contribution in [3.63, 3.8) is 0 Å². The van der Waals surface area contributed by atoms with Crippen LogP contribution < -0.4 is 5.73 Å². The molecule has 156 valence electrons. The summed E-state index contributed by atoms with van der Waals surface area (Å²) in [4.78, 5) is 21.4. The van der Waals surface area contributed by atoms with Crippen molar-refractivity contribution in [1.29, 1.82) is 0 Å². The van der Waals surface area contributed by atoms with Gasteiger partial charge in [-0.05, 0) is 44.9 Å². The van der Waals surface area contributed by atoms with Crippen molar-refractivity contribution in [3.05, 3.63) is 106 Å². The lowest BCUT2D eigenvalue weighted by atomic mass is 10.1. The number of carboxylic acid groups (broad SMARTS) is 1. The van der Waals surface area contributed by atoms with Crippen LogP contribution in [0.15, 0.2) is 95.1 Å². The molecule has 2 aromatic rings. The molecule has 0 saturated heterocycles. The van der Waals surface area contributed by atoms with Crippen LogP contribution in [-0.2, 0) is 9.59 Å². The molecule has 2 aromatic carbocycles. The van der Waals surface area contributed by atoms with Gasteiger partial charge in [-0.25, -0.2) is 4.79 Å². The molecular weight excluding hydrogens is 374 g/mol. The number of benzene rings is 2. The van der Waals surface area contributed by atoms with Gasteiger partial charge in [0.25, 0.3) is 0 Å². The quantitative estimate of drug-likeness (QED) is 0.484. The Hall–Kier alpha value is -3.66. The minimum Gasteiger partial charge on any atom is -0.478 e. The number of aliphatic carboxylic acids is 1. The molecule has 30 heavy (non-hydrogen) atoms. The third-order valence-corrected chi connectivity index (χ3v) is 4.00. The summed E-state index contributed by atoms with van der Waals surface area (Å²) < 4.78 is 0. The van der Waals surface area contributed by atoms with E-state index >= 15 is 0 Å². The largest absolute Gasteiger partial charge is 0.478 e. The van der Waals surface area contributed by atoms with Crippen LogP contribution >= 0.6 is 0 Å². The van der Waals surface area contributed by atoms with Crippen molar-refractivity contribution in [2.75, 3.05) is 0 Å². The Bertz CT molecular complexity index is 884. The molecule has 4 heteroatoms. The Morgan fingerprint density at radius 2 is 1.07 bits per heavy atom. The molecule has 3 N–H and O–H groups in total. The molecule has 0 spiro atoms. The van der Waals surface area contributed by atoms with Crippen molar-refractivity contribution in [3.8, 4) is 0 Å². The molecule has 4 nitrogen and oxygen atoms in total. The predicted molar refractivity (Wildman–Crippen MR) is 125 cm³/mol. The van der Waals surface area contributed by atoms with Crippen LogP contribution in [0.3, 0.4) is 0 Å². The number of hydrogen-bond acceptors (Lipinski definition) is 2. The average molecular weight is 404 g/mol.